The Morgan fingerprint density at radius 2 is 1.85 bits per heavy atom. The molecule has 2 aliphatic rings. The Bertz CT molecular complexity index is 805. The van der Waals surface area contributed by atoms with Crippen molar-refractivity contribution in [3.05, 3.63) is 59.7 Å². The SMILES string of the molecule is C[N+]1(CCCC(=O)c2ccc3c(c2)OCCO3)CCC(c2ccccc2)C1. The van der Waals surface area contributed by atoms with Crippen molar-refractivity contribution < 1.29 is 18.8 Å². The third kappa shape index (κ3) is 4.16. The van der Waals surface area contributed by atoms with Gasteiger partial charge in [-0.1, -0.05) is 30.3 Å². The summed E-state index contributed by atoms with van der Waals surface area (Å²) in [5.74, 6) is 2.26. The smallest absolute Gasteiger partial charge is 0.163 e. The Morgan fingerprint density at radius 1 is 1.07 bits per heavy atom. The van der Waals surface area contributed by atoms with Gasteiger partial charge in [-0.15, -0.1) is 0 Å². The van der Waals surface area contributed by atoms with Crippen LogP contribution in [0, 0.1) is 0 Å². The molecule has 2 heterocycles. The predicted molar refractivity (Wildman–Crippen MR) is 106 cm³/mol. The molecule has 0 N–H and O–H groups in total. The highest BCUT2D eigenvalue weighted by Gasteiger charge is 2.34. The number of carbonyl (C=O) groups is 1. The fourth-order valence-corrected chi connectivity index (χ4v) is 4.36. The molecule has 2 atom stereocenters. The van der Waals surface area contributed by atoms with Crippen molar-refractivity contribution in [3.8, 4) is 11.5 Å². The zero-order valence-corrected chi connectivity index (χ0v) is 16.0. The maximum absolute atomic E-state index is 12.6. The molecule has 0 spiro atoms. The van der Waals surface area contributed by atoms with Crippen LogP contribution in [0.25, 0.3) is 0 Å². The lowest BCUT2D eigenvalue weighted by Gasteiger charge is -2.29. The number of ketones is 1. The Labute approximate surface area is 161 Å². The van der Waals surface area contributed by atoms with Gasteiger partial charge in [-0.25, -0.2) is 0 Å². The number of ether oxygens (including phenoxy) is 2. The van der Waals surface area contributed by atoms with E-state index in [9.17, 15) is 4.79 Å². The summed E-state index contributed by atoms with van der Waals surface area (Å²) in [6, 6.07) is 16.4. The molecule has 4 heteroatoms. The summed E-state index contributed by atoms with van der Waals surface area (Å²) in [4.78, 5) is 12.6. The molecule has 0 aromatic heterocycles. The first-order valence-electron chi connectivity index (χ1n) is 9.94. The number of Topliss-reactive ketones (excluding diaryl/α,β-unsaturated/α-hetero) is 1. The fraction of sp³-hybridized carbons (Fsp3) is 0.435. The lowest BCUT2D eigenvalue weighted by molar-refractivity contribution is -0.898. The van der Waals surface area contributed by atoms with Gasteiger partial charge in [-0.05, 0) is 23.8 Å². The van der Waals surface area contributed by atoms with E-state index in [-0.39, 0.29) is 5.78 Å². The number of rotatable bonds is 6. The van der Waals surface area contributed by atoms with E-state index in [1.165, 1.54) is 25.1 Å². The van der Waals surface area contributed by atoms with Crippen LogP contribution in [0.1, 0.15) is 41.1 Å². The van der Waals surface area contributed by atoms with Crippen molar-refractivity contribution in [2.45, 2.75) is 25.2 Å². The van der Waals surface area contributed by atoms with Crippen molar-refractivity contribution in [2.24, 2.45) is 0 Å². The van der Waals surface area contributed by atoms with Crippen LogP contribution >= 0.6 is 0 Å². The van der Waals surface area contributed by atoms with Gasteiger partial charge in [-0.3, -0.25) is 4.79 Å². The first-order chi connectivity index (χ1) is 13.1. The lowest BCUT2D eigenvalue weighted by atomic mass is 9.99. The summed E-state index contributed by atoms with van der Waals surface area (Å²) in [5, 5.41) is 0. The molecule has 27 heavy (non-hydrogen) atoms. The highest BCUT2D eigenvalue weighted by Crippen LogP contribution is 2.33. The molecule has 2 aromatic rings. The van der Waals surface area contributed by atoms with Crippen molar-refractivity contribution in [2.75, 3.05) is 39.9 Å². The van der Waals surface area contributed by atoms with Gasteiger partial charge in [0.2, 0.25) is 0 Å². The van der Waals surface area contributed by atoms with Gasteiger partial charge in [0.1, 0.15) is 13.2 Å². The topological polar surface area (TPSA) is 35.5 Å². The Morgan fingerprint density at radius 3 is 2.67 bits per heavy atom. The Balaban J connectivity index is 1.30. The summed E-state index contributed by atoms with van der Waals surface area (Å²) in [5.41, 5.74) is 2.18. The summed E-state index contributed by atoms with van der Waals surface area (Å²) < 4.78 is 12.2. The molecule has 4 nitrogen and oxygen atoms in total. The quantitative estimate of drug-likeness (QED) is 0.571. The first kappa shape index (κ1) is 18.1. The Hall–Kier alpha value is -2.33. The number of nitrogens with zero attached hydrogens (tertiary/aromatic N) is 1. The van der Waals surface area contributed by atoms with Crippen LogP contribution in [0.5, 0.6) is 11.5 Å². The molecular formula is C23H28NO3+. The van der Waals surface area contributed by atoms with Crippen molar-refractivity contribution in [1.82, 2.24) is 0 Å². The molecule has 0 aliphatic carbocycles. The largest absolute Gasteiger partial charge is 0.486 e. The molecule has 0 radical (unpaired) electrons. The first-order valence-corrected chi connectivity index (χ1v) is 9.94. The normalized spacial score (nSPS) is 24.0. The molecule has 2 aromatic carbocycles. The molecule has 2 unspecified atom stereocenters. The van der Waals surface area contributed by atoms with Crippen molar-refractivity contribution in [3.63, 3.8) is 0 Å². The van der Waals surface area contributed by atoms with E-state index < -0.39 is 0 Å². The van der Waals surface area contributed by atoms with Crippen molar-refractivity contribution in [1.29, 1.82) is 0 Å². The Kier molecular flexibility index (Phi) is 5.17. The van der Waals surface area contributed by atoms with Gasteiger partial charge in [0.25, 0.3) is 0 Å². The number of hydrogen-bond donors (Lipinski definition) is 0. The van der Waals surface area contributed by atoms with Gasteiger partial charge >= 0.3 is 0 Å². The average molecular weight is 366 g/mol. The minimum Gasteiger partial charge on any atom is -0.486 e. The van der Waals surface area contributed by atoms with E-state index in [0.717, 1.165) is 28.8 Å². The minimum absolute atomic E-state index is 0.192. The van der Waals surface area contributed by atoms with Gasteiger partial charge < -0.3 is 14.0 Å². The van der Waals surface area contributed by atoms with Gasteiger partial charge in [-0.2, -0.15) is 0 Å². The second-order valence-electron chi connectivity index (χ2n) is 8.03. The van der Waals surface area contributed by atoms with Crippen LogP contribution < -0.4 is 9.47 Å². The monoisotopic (exact) mass is 366 g/mol. The number of likely N-dealkylation sites (N-methyl/N-ethyl adjacent to an activating group) is 1. The zero-order valence-electron chi connectivity index (χ0n) is 16.0. The van der Waals surface area contributed by atoms with Crippen LogP contribution in [0.4, 0.5) is 0 Å². The number of likely N-dealkylation sites (tertiary alicyclic amines) is 1. The van der Waals surface area contributed by atoms with Crippen LogP contribution in [0.3, 0.4) is 0 Å². The van der Waals surface area contributed by atoms with Crippen LogP contribution in [0.2, 0.25) is 0 Å². The van der Waals surface area contributed by atoms with Crippen LogP contribution in [-0.4, -0.2) is 50.2 Å². The van der Waals surface area contributed by atoms with E-state index >= 15 is 0 Å². The predicted octanol–water partition coefficient (Wildman–Crippen LogP) is 4.05. The highest BCUT2D eigenvalue weighted by molar-refractivity contribution is 5.96. The van der Waals surface area contributed by atoms with Gasteiger partial charge in [0.15, 0.2) is 17.3 Å². The van der Waals surface area contributed by atoms with E-state index in [0.29, 0.717) is 31.3 Å². The highest BCUT2D eigenvalue weighted by atomic mass is 16.6. The molecule has 142 valence electrons. The third-order valence-corrected chi connectivity index (χ3v) is 5.92. The molecule has 1 fully saturated rings. The van der Waals surface area contributed by atoms with Gasteiger partial charge in [0, 0.05) is 30.7 Å². The number of carbonyl (C=O) groups excluding carboxylic acids is 1. The van der Waals surface area contributed by atoms with E-state index in [2.05, 4.69) is 37.4 Å². The standard InChI is InChI=1S/C23H28NO3/c1-24(13-11-20(17-24)18-6-3-2-4-7-18)12-5-8-21(25)19-9-10-22-23(16-19)27-15-14-26-22/h2-4,6-7,9-10,16,20H,5,8,11-15,17H2,1H3/q+1. The van der Waals surface area contributed by atoms with E-state index in [4.69, 9.17) is 9.47 Å². The van der Waals surface area contributed by atoms with E-state index in [1.54, 1.807) is 0 Å². The molecule has 0 bridgehead atoms. The minimum atomic E-state index is 0.192. The number of hydrogen-bond acceptors (Lipinski definition) is 3. The number of benzene rings is 2. The van der Waals surface area contributed by atoms with Crippen LogP contribution in [-0.2, 0) is 0 Å². The molecular weight excluding hydrogens is 338 g/mol. The molecule has 0 saturated carbocycles. The third-order valence-electron chi connectivity index (χ3n) is 5.92. The second-order valence-corrected chi connectivity index (χ2v) is 8.03. The average Bonchev–Trinajstić information content (AvgIpc) is 3.10. The summed E-state index contributed by atoms with van der Waals surface area (Å²) in [7, 11) is 2.33. The summed E-state index contributed by atoms with van der Waals surface area (Å²) >= 11 is 0. The summed E-state index contributed by atoms with van der Waals surface area (Å²) in [6.45, 7) is 4.53. The second kappa shape index (κ2) is 7.73. The molecule has 2 aliphatic heterocycles. The lowest BCUT2D eigenvalue weighted by Crippen LogP contribution is -2.42. The zero-order chi connectivity index (χ0) is 18.7. The summed E-state index contributed by atoms with van der Waals surface area (Å²) in [6.07, 6.45) is 2.74. The number of quaternary nitrogens is 1. The van der Waals surface area contributed by atoms with Crippen molar-refractivity contribution >= 4 is 5.78 Å². The maximum Gasteiger partial charge on any atom is 0.163 e. The fourth-order valence-electron chi connectivity index (χ4n) is 4.36. The molecule has 0 amide bonds. The van der Waals surface area contributed by atoms with Crippen LogP contribution in [0.15, 0.2) is 48.5 Å². The molecule has 1 saturated heterocycles. The van der Waals surface area contributed by atoms with E-state index in [1.807, 2.05) is 18.2 Å². The maximum atomic E-state index is 12.6. The number of fused-ring (bicyclic) bond motifs is 1. The van der Waals surface area contributed by atoms with Gasteiger partial charge in [0.05, 0.1) is 26.7 Å². The molecule has 4 rings (SSSR count).